The number of halogens is 2. The standard InChI is InChI=1S/C19H16ClFN4O3/c1-27-16-7-6-13(8-14(16)20)22-19(26)18-15-10-28-17(9-25(15)24-23-18)11-2-4-12(21)5-3-11/h2-8,17H,9-10H2,1H3,(H,22,26)/t17-/m1/s1. The summed E-state index contributed by atoms with van der Waals surface area (Å²) in [6.45, 7) is 0.552. The number of hydrogen-bond donors (Lipinski definition) is 1. The van der Waals surface area contributed by atoms with Gasteiger partial charge in [0.2, 0.25) is 0 Å². The molecule has 0 fully saturated rings. The highest BCUT2D eigenvalue weighted by molar-refractivity contribution is 6.32. The fourth-order valence-electron chi connectivity index (χ4n) is 3.00. The lowest BCUT2D eigenvalue weighted by Crippen LogP contribution is -2.24. The van der Waals surface area contributed by atoms with Crippen LogP contribution in [-0.2, 0) is 17.9 Å². The number of nitrogens with one attached hydrogen (secondary N) is 1. The monoisotopic (exact) mass is 402 g/mol. The molecule has 4 rings (SSSR count). The zero-order valence-corrected chi connectivity index (χ0v) is 15.6. The maximum atomic E-state index is 13.1. The number of rotatable bonds is 4. The molecule has 1 aliphatic heterocycles. The maximum Gasteiger partial charge on any atom is 0.278 e. The fourth-order valence-corrected chi connectivity index (χ4v) is 3.26. The molecule has 28 heavy (non-hydrogen) atoms. The van der Waals surface area contributed by atoms with Gasteiger partial charge in [0.15, 0.2) is 5.69 Å². The third-order valence-corrected chi connectivity index (χ3v) is 4.76. The third-order valence-electron chi connectivity index (χ3n) is 4.46. The molecule has 9 heteroatoms. The Hall–Kier alpha value is -2.97. The van der Waals surface area contributed by atoms with Crippen molar-refractivity contribution < 1.29 is 18.7 Å². The fraction of sp³-hybridized carbons (Fsp3) is 0.211. The van der Waals surface area contributed by atoms with Crippen molar-refractivity contribution in [1.29, 1.82) is 0 Å². The number of methoxy groups -OCH3 is 1. The average molecular weight is 403 g/mol. The van der Waals surface area contributed by atoms with Crippen LogP contribution >= 0.6 is 11.6 Å². The van der Waals surface area contributed by atoms with E-state index in [1.54, 1.807) is 35.0 Å². The van der Waals surface area contributed by atoms with Crippen LogP contribution in [-0.4, -0.2) is 28.0 Å². The average Bonchev–Trinajstić information content (AvgIpc) is 3.12. The topological polar surface area (TPSA) is 78.3 Å². The second-order valence-electron chi connectivity index (χ2n) is 6.22. The molecule has 1 atom stereocenters. The van der Waals surface area contributed by atoms with E-state index in [2.05, 4.69) is 15.6 Å². The molecule has 0 saturated carbocycles. The Morgan fingerprint density at radius 2 is 2.11 bits per heavy atom. The van der Waals surface area contributed by atoms with Crippen LogP contribution in [0.25, 0.3) is 0 Å². The maximum absolute atomic E-state index is 13.1. The second kappa shape index (κ2) is 7.57. The van der Waals surface area contributed by atoms with E-state index in [0.717, 1.165) is 5.56 Å². The van der Waals surface area contributed by atoms with Crippen molar-refractivity contribution in [3.63, 3.8) is 0 Å². The second-order valence-corrected chi connectivity index (χ2v) is 6.63. The SMILES string of the molecule is COc1ccc(NC(=O)c2nnn3c2CO[C@@H](c2ccc(F)cc2)C3)cc1Cl. The van der Waals surface area contributed by atoms with E-state index in [1.807, 2.05) is 0 Å². The molecule has 0 bridgehead atoms. The first-order valence-corrected chi connectivity index (χ1v) is 8.87. The summed E-state index contributed by atoms with van der Waals surface area (Å²) in [6, 6.07) is 11.0. The Balaban J connectivity index is 1.50. The van der Waals surface area contributed by atoms with Crippen molar-refractivity contribution >= 4 is 23.2 Å². The molecule has 0 saturated heterocycles. The van der Waals surface area contributed by atoms with Gasteiger partial charge in [0.25, 0.3) is 5.91 Å². The molecule has 1 N–H and O–H groups in total. The van der Waals surface area contributed by atoms with Crippen molar-refractivity contribution in [2.75, 3.05) is 12.4 Å². The summed E-state index contributed by atoms with van der Waals surface area (Å²) in [5.41, 5.74) is 2.11. The van der Waals surface area contributed by atoms with Gasteiger partial charge in [-0.15, -0.1) is 5.10 Å². The van der Waals surface area contributed by atoms with Gasteiger partial charge in [-0.05, 0) is 35.9 Å². The van der Waals surface area contributed by atoms with Crippen LogP contribution in [0.5, 0.6) is 5.75 Å². The highest BCUT2D eigenvalue weighted by Gasteiger charge is 2.27. The Bertz CT molecular complexity index is 1020. The van der Waals surface area contributed by atoms with Crippen molar-refractivity contribution in [2.45, 2.75) is 19.3 Å². The smallest absolute Gasteiger partial charge is 0.278 e. The lowest BCUT2D eigenvalue weighted by Gasteiger charge is -2.24. The Morgan fingerprint density at radius 3 is 2.82 bits per heavy atom. The highest BCUT2D eigenvalue weighted by atomic mass is 35.5. The summed E-state index contributed by atoms with van der Waals surface area (Å²) < 4.78 is 25.7. The van der Waals surface area contributed by atoms with E-state index in [4.69, 9.17) is 21.1 Å². The molecule has 1 amide bonds. The number of benzene rings is 2. The largest absolute Gasteiger partial charge is 0.495 e. The van der Waals surface area contributed by atoms with E-state index in [-0.39, 0.29) is 24.2 Å². The molecule has 3 aromatic rings. The molecule has 1 aliphatic rings. The third kappa shape index (κ3) is 3.56. The number of carbonyl (C=O) groups excluding carboxylic acids is 1. The lowest BCUT2D eigenvalue weighted by atomic mass is 10.1. The predicted molar refractivity (Wildman–Crippen MR) is 99.9 cm³/mol. The van der Waals surface area contributed by atoms with Crippen molar-refractivity contribution in [3.8, 4) is 5.75 Å². The van der Waals surface area contributed by atoms with Gasteiger partial charge in [-0.1, -0.05) is 28.9 Å². The molecule has 1 aromatic heterocycles. The van der Waals surface area contributed by atoms with Crippen LogP contribution in [0.1, 0.15) is 27.8 Å². The van der Waals surface area contributed by atoms with E-state index >= 15 is 0 Å². The molecule has 7 nitrogen and oxygen atoms in total. The predicted octanol–water partition coefficient (Wildman–Crippen LogP) is 3.60. The molecule has 2 aromatic carbocycles. The number of hydrogen-bond acceptors (Lipinski definition) is 5. The molecule has 2 heterocycles. The van der Waals surface area contributed by atoms with Crippen molar-refractivity contribution in [1.82, 2.24) is 15.0 Å². The van der Waals surface area contributed by atoms with E-state index in [9.17, 15) is 9.18 Å². The summed E-state index contributed by atoms with van der Waals surface area (Å²) in [5, 5.41) is 11.2. The van der Waals surface area contributed by atoms with Gasteiger partial charge in [-0.25, -0.2) is 9.07 Å². The molecular formula is C19H16ClFN4O3. The molecule has 144 valence electrons. The van der Waals surface area contributed by atoms with E-state index in [1.165, 1.54) is 19.2 Å². The van der Waals surface area contributed by atoms with Gasteiger partial charge < -0.3 is 14.8 Å². The van der Waals surface area contributed by atoms with Gasteiger partial charge in [0, 0.05) is 5.69 Å². The van der Waals surface area contributed by atoms with E-state index in [0.29, 0.717) is 28.7 Å². The van der Waals surface area contributed by atoms with Crippen LogP contribution in [0.4, 0.5) is 10.1 Å². The normalized spacial score (nSPS) is 15.8. The summed E-state index contributed by atoms with van der Waals surface area (Å²) in [5.74, 6) is -0.203. The Morgan fingerprint density at radius 1 is 1.32 bits per heavy atom. The van der Waals surface area contributed by atoms with Gasteiger partial charge in [0.05, 0.1) is 31.0 Å². The first-order chi connectivity index (χ1) is 13.5. The summed E-state index contributed by atoms with van der Waals surface area (Å²) in [4.78, 5) is 12.6. The molecule has 0 unspecified atom stereocenters. The number of ether oxygens (including phenoxy) is 2. The zero-order chi connectivity index (χ0) is 19.7. The molecule has 0 radical (unpaired) electrons. The van der Waals surface area contributed by atoms with E-state index < -0.39 is 5.91 Å². The number of carbonyl (C=O) groups is 1. The zero-order valence-electron chi connectivity index (χ0n) is 14.9. The number of anilines is 1. The lowest BCUT2D eigenvalue weighted by molar-refractivity contribution is -0.00174. The number of fused-ring (bicyclic) bond motifs is 1. The van der Waals surface area contributed by atoms with Crippen LogP contribution in [0.15, 0.2) is 42.5 Å². The molecule has 0 aliphatic carbocycles. The molecule has 0 spiro atoms. The van der Waals surface area contributed by atoms with Crippen LogP contribution in [0, 0.1) is 5.82 Å². The summed E-state index contributed by atoms with van der Waals surface area (Å²) >= 11 is 6.09. The first kappa shape index (κ1) is 18.4. The Kier molecular flexibility index (Phi) is 4.97. The minimum absolute atomic E-state index is 0.168. The first-order valence-electron chi connectivity index (χ1n) is 8.49. The van der Waals surface area contributed by atoms with Crippen LogP contribution in [0.3, 0.4) is 0 Å². The number of aromatic nitrogens is 3. The molecular weight excluding hydrogens is 387 g/mol. The van der Waals surface area contributed by atoms with Crippen LogP contribution < -0.4 is 10.1 Å². The minimum Gasteiger partial charge on any atom is -0.495 e. The summed E-state index contributed by atoms with van der Waals surface area (Å²) in [7, 11) is 1.52. The van der Waals surface area contributed by atoms with Gasteiger partial charge in [0.1, 0.15) is 17.7 Å². The van der Waals surface area contributed by atoms with Gasteiger partial charge in [-0.2, -0.15) is 0 Å². The minimum atomic E-state index is -0.411. The quantitative estimate of drug-likeness (QED) is 0.721. The number of nitrogens with zero attached hydrogens (tertiary/aromatic N) is 3. The van der Waals surface area contributed by atoms with Crippen molar-refractivity contribution in [3.05, 3.63) is 70.3 Å². The van der Waals surface area contributed by atoms with Crippen molar-refractivity contribution in [2.24, 2.45) is 0 Å². The summed E-state index contributed by atoms with van der Waals surface area (Å²) in [6.07, 6.45) is -0.286. The van der Waals surface area contributed by atoms with Gasteiger partial charge >= 0.3 is 0 Å². The number of amides is 1. The van der Waals surface area contributed by atoms with Gasteiger partial charge in [-0.3, -0.25) is 4.79 Å². The Labute approximate surface area is 165 Å². The van der Waals surface area contributed by atoms with Crippen LogP contribution in [0.2, 0.25) is 5.02 Å². The highest BCUT2D eigenvalue weighted by Crippen LogP contribution is 2.29.